The summed E-state index contributed by atoms with van der Waals surface area (Å²) in [7, 11) is -3.79. The van der Waals surface area contributed by atoms with Gasteiger partial charge in [0.25, 0.3) is 0 Å². The molecule has 9 heteroatoms. The predicted molar refractivity (Wildman–Crippen MR) is 97.6 cm³/mol. The van der Waals surface area contributed by atoms with Crippen LogP contribution in [0.4, 0.5) is 5.69 Å². The zero-order valence-corrected chi connectivity index (χ0v) is 15.2. The average molecular weight is 390 g/mol. The molecule has 0 N–H and O–H groups in total. The van der Waals surface area contributed by atoms with Crippen molar-refractivity contribution in [3.05, 3.63) is 58.1 Å². The Kier molecular flexibility index (Phi) is 5.52. The smallest absolute Gasteiger partial charge is 0.312 e. The number of aldehydes is 1. The summed E-state index contributed by atoms with van der Waals surface area (Å²) in [6.45, 7) is 0.819. The summed E-state index contributed by atoms with van der Waals surface area (Å²) in [4.78, 5) is 21.5. The molecule has 3 rings (SSSR count). The van der Waals surface area contributed by atoms with Gasteiger partial charge in [-0.1, -0.05) is 18.6 Å². The maximum Gasteiger partial charge on any atom is 0.312 e. The maximum atomic E-state index is 12.7. The third kappa shape index (κ3) is 4.15. The first-order valence-corrected chi connectivity index (χ1v) is 9.87. The molecule has 27 heavy (non-hydrogen) atoms. The van der Waals surface area contributed by atoms with Crippen molar-refractivity contribution in [1.82, 2.24) is 4.31 Å². The van der Waals surface area contributed by atoms with Crippen molar-refractivity contribution in [2.24, 2.45) is 0 Å². The van der Waals surface area contributed by atoms with Crippen LogP contribution in [-0.4, -0.2) is 37.0 Å². The van der Waals surface area contributed by atoms with E-state index in [9.17, 15) is 23.3 Å². The van der Waals surface area contributed by atoms with E-state index in [1.54, 1.807) is 18.2 Å². The molecule has 0 aliphatic carbocycles. The van der Waals surface area contributed by atoms with Gasteiger partial charge >= 0.3 is 5.69 Å². The molecule has 0 aromatic heterocycles. The predicted octanol–water partition coefficient (Wildman–Crippen LogP) is 3.37. The van der Waals surface area contributed by atoms with Crippen molar-refractivity contribution in [2.75, 3.05) is 13.1 Å². The van der Waals surface area contributed by atoms with E-state index in [0.29, 0.717) is 24.9 Å². The van der Waals surface area contributed by atoms with E-state index in [-0.39, 0.29) is 16.4 Å². The van der Waals surface area contributed by atoms with Gasteiger partial charge in [-0.05, 0) is 37.1 Å². The zero-order chi connectivity index (χ0) is 19.4. The highest BCUT2D eigenvalue weighted by molar-refractivity contribution is 7.89. The highest BCUT2D eigenvalue weighted by atomic mass is 32.2. The Morgan fingerprint density at radius 2 is 1.81 bits per heavy atom. The topological polar surface area (TPSA) is 107 Å². The monoisotopic (exact) mass is 390 g/mol. The van der Waals surface area contributed by atoms with Gasteiger partial charge in [0.1, 0.15) is 12.0 Å². The molecule has 0 radical (unpaired) electrons. The summed E-state index contributed by atoms with van der Waals surface area (Å²) in [5, 5.41) is 11.5. The third-order valence-corrected chi connectivity index (χ3v) is 6.20. The van der Waals surface area contributed by atoms with Gasteiger partial charge in [0.05, 0.1) is 9.82 Å². The molecule has 1 saturated heterocycles. The normalized spacial score (nSPS) is 15.3. The van der Waals surface area contributed by atoms with Gasteiger partial charge < -0.3 is 4.74 Å². The molecule has 1 heterocycles. The second-order valence-corrected chi connectivity index (χ2v) is 8.08. The molecule has 1 aliphatic heterocycles. The van der Waals surface area contributed by atoms with E-state index in [2.05, 4.69) is 0 Å². The van der Waals surface area contributed by atoms with Crippen molar-refractivity contribution < 1.29 is 22.9 Å². The highest BCUT2D eigenvalue weighted by Gasteiger charge is 2.29. The lowest BCUT2D eigenvalue weighted by atomic mass is 10.2. The van der Waals surface area contributed by atoms with Crippen LogP contribution in [-0.2, 0) is 10.0 Å². The SMILES string of the molecule is O=Cc1cccc(Oc2ccc(S(=O)(=O)N3CCCCC3)cc2[N+](=O)[O-])c1. The van der Waals surface area contributed by atoms with Gasteiger partial charge in [0.2, 0.25) is 15.8 Å². The number of carbonyl (C=O) groups excluding carboxylic acids is 1. The van der Waals surface area contributed by atoms with Crippen LogP contribution in [0, 0.1) is 10.1 Å². The van der Waals surface area contributed by atoms with Gasteiger partial charge in [-0.25, -0.2) is 8.42 Å². The number of hydrogen-bond acceptors (Lipinski definition) is 6. The Hall–Kier alpha value is -2.78. The van der Waals surface area contributed by atoms with Gasteiger partial charge in [-0.15, -0.1) is 0 Å². The van der Waals surface area contributed by atoms with Crippen LogP contribution in [0.3, 0.4) is 0 Å². The fraction of sp³-hybridized carbons (Fsp3) is 0.278. The standard InChI is InChI=1S/C18H18N2O6S/c21-13-14-5-4-6-15(11-14)26-18-8-7-16(12-17(18)20(22)23)27(24,25)19-9-2-1-3-10-19/h4-8,11-13H,1-3,9-10H2. The molecule has 2 aromatic carbocycles. The number of benzene rings is 2. The second-order valence-electron chi connectivity index (χ2n) is 6.14. The molecule has 0 saturated carbocycles. The maximum absolute atomic E-state index is 12.7. The second kappa shape index (κ2) is 7.85. The highest BCUT2D eigenvalue weighted by Crippen LogP contribution is 2.34. The molecule has 2 aromatic rings. The lowest BCUT2D eigenvalue weighted by Crippen LogP contribution is -2.35. The number of sulfonamides is 1. The summed E-state index contributed by atoms with van der Waals surface area (Å²) >= 11 is 0. The number of rotatable bonds is 6. The van der Waals surface area contributed by atoms with E-state index in [0.717, 1.165) is 25.3 Å². The van der Waals surface area contributed by atoms with Gasteiger partial charge in [0, 0.05) is 24.7 Å². The van der Waals surface area contributed by atoms with E-state index in [4.69, 9.17) is 4.74 Å². The van der Waals surface area contributed by atoms with Crippen LogP contribution in [0.2, 0.25) is 0 Å². The quantitative estimate of drug-likeness (QED) is 0.425. The minimum atomic E-state index is -3.79. The van der Waals surface area contributed by atoms with Crippen molar-refractivity contribution >= 4 is 22.0 Å². The molecular formula is C18H18N2O6S. The number of nitrogens with zero attached hydrogens (tertiary/aromatic N) is 2. The largest absolute Gasteiger partial charge is 0.450 e. The summed E-state index contributed by atoms with van der Waals surface area (Å²) in [6, 6.07) is 9.73. The lowest BCUT2D eigenvalue weighted by molar-refractivity contribution is -0.385. The van der Waals surface area contributed by atoms with E-state index in [1.165, 1.54) is 22.5 Å². The first kappa shape index (κ1) is 19.0. The van der Waals surface area contributed by atoms with E-state index >= 15 is 0 Å². The molecule has 0 amide bonds. The molecule has 0 unspecified atom stereocenters. The van der Waals surface area contributed by atoms with Crippen molar-refractivity contribution in [3.63, 3.8) is 0 Å². The Bertz CT molecular complexity index is 968. The average Bonchev–Trinajstić information content (AvgIpc) is 2.68. The lowest BCUT2D eigenvalue weighted by Gasteiger charge is -2.25. The number of nitro groups is 1. The summed E-state index contributed by atoms with van der Waals surface area (Å²) in [6.07, 6.45) is 3.15. The van der Waals surface area contributed by atoms with Gasteiger partial charge in [-0.2, -0.15) is 4.31 Å². The fourth-order valence-corrected chi connectivity index (χ4v) is 4.46. The van der Waals surface area contributed by atoms with Crippen molar-refractivity contribution in [3.8, 4) is 11.5 Å². The Labute approximate surface area is 156 Å². The van der Waals surface area contributed by atoms with Crippen molar-refractivity contribution in [1.29, 1.82) is 0 Å². The van der Waals surface area contributed by atoms with Crippen LogP contribution in [0.15, 0.2) is 47.4 Å². The Morgan fingerprint density at radius 1 is 1.07 bits per heavy atom. The molecule has 0 spiro atoms. The molecular weight excluding hydrogens is 372 g/mol. The minimum Gasteiger partial charge on any atom is -0.450 e. The number of ether oxygens (including phenoxy) is 1. The third-order valence-electron chi connectivity index (χ3n) is 4.30. The number of carbonyl (C=O) groups is 1. The molecule has 0 atom stereocenters. The van der Waals surface area contributed by atoms with Crippen LogP contribution in [0.1, 0.15) is 29.6 Å². The minimum absolute atomic E-state index is 0.0966. The van der Waals surface area contributed by atoms with Gasteiger partial charge in [-0.3, -0.25) is 14.9 Å². The van der Waals surface area contributed by atoms with Crippen LogP contribution < -0.4 is 4.74 Å². The summed E-state index contributed by atoms with van der Waals surface area (Å²) in [5.41, 5.74) is -0.0935. The molecule has 1 fully saturated rings. The number of piperidine rings is 1. The van der Waals surface area contributed by atoms with E-state index in [1.807, 2.05) is 0 Å². The van der Waals surface area contributed by atoms with Gasteiger partial charge in [0.15, 0.2) is 0 Å². The molecule has 1 aliphatic rings. The fourth-order valence-electron chi connectivity index (χ4n) is 2.92. The zero-order valence-electron chi connectivity index (χ0n) is 14.4. The Morgan fingerprint density at radius 3 is 2.48 bits per heavy atom. The summed E-state index contributed by atoms with van der Waals surface area (Å²) < 4.78 is 32.3. The van der Waals surface area contributed by atoms with Crippen LogP contribution >= 0.6 is 0 Å². The molecule has 0 bridgehead atoms. The first-order valence-electron chi connectivity index (χ1n) is 8.43. The van der Waals surface area contributed by atoms with Crippen LogP contribution in [0.25, 0.3) is 0 Å². The first-order chi connectivity index (χ1) is 12.9. The molecule has 142 valence electrons. The van der Waals surface area contributed by atoms with Crippen LogP contribution in [0.5, 0.6) is 11.5 Å². The van der Waals surface area contributed by atoms with E-state index < -0.39 is 20.6 Å². The number of hydrogen-bond donors (Lipinski definition) is 0. The summed E-state index contributed by atoms with van der Waals surface area (Å²) in [5.74, 6) is 0.148. The van der Waals surface area contributed by atoms with Crippen molar-refractivity contribution in [2.45, 2.75) is 24.2 Å². The number of nitro benzene ring substituents is 1. The molecule has 8 nitrogen and oxygen atoms in total. The Balaban J connectivity index is 1.95.